The standard InChI is InChI=1S/C41H54N4.2CH4O.2NO3.Zn/c1-33-6-14-38(15-7-33)29-42-22-23-43(30-39-16-8-34(2)9-17-39)26-27-45(32-41-20-12-36(4)13-21-41)37(5)28-44(25-24-42)31-40-18-10-35(3)11-19-40;2*1-2;2*2-1(3)4;/h6-21,37H,22-32H2,1-5H3;2*2H,1H3;;;/q;;;2*-1;+2/t37-;;;;;/m1...../s1. The molecule has 314 valence electrons. The molecule has 5 rings (SSSR count). The van der Waals surface area contributed by atoms with Gasteiger partial charge in [0.1, 0.15) is 0 Å². The van der Waals surface area contributed by atoms with Gasteiger partial charge in [-0.25, -0.2) is 0 Å². The van der Waals surface area contributed by atoms with Crippen LogP contribution < -0.4 is 0 Å². The fourth-order valence-electron chi connectivity index (χ4n) is 6.34. The first-order valence-electron chi connectivity index (χ1n) is 18.9. The second kappa shape index (κ2) is 30.7. The average Bonchev–Trinajstić information content (AvgIpc) is 3.18. The van der Waals surface area contributed by atoms with Gasteiger partial charge in [0, 0.05) is 92.3 Å². The van der Waals surface area contributed by atoms with E-state index in [1.54, 1.807) is 0 Å². The Bertz CT molecular complexity index is 1650. The van der Waals surface area contributed by atoms with E-state index in [4.69, 9.17) is 40.9 Å². The molecule has 0 aliphatic carbocycles. The first-order chi connectivity index (χ1) is 27.2. The number of benzene rings is 4. The molecule has 1 aliphatic heterocycles. The van der Waals surface area contributed by atoms with Gasteiger partial charge in [0.05, 0.1) is 10.2 Å². The van der Waals surface area contributed by atoms with Crippen molar-refractivity contribution in [2.75, 3.05) is 60.0 Å². The van der Waals surface area contributed by atoms with Gasteiger partial charge in [0.25, 0.3) is 0 Å². The molecule has 1 atom stereocenters. The van der Waals surface area contributed by atoms with Crippen molar-refractivity contribution in [2.24, 2.45) is 0 Å². The smallest absolute Gasteiger partial charge is 0.400 e. The number of nitrogens with zero attached hydrogens (tertiary/aromatic N) is 6. The van der Waals surface area contributed by atoms with E-state index in [1.165, 1.54) is 44.5 Å². The van der Waals surface area contributed by atoms with E-state index >= 15 is 0 Å². The van der Waals surface area contributed by atoms with E-state index in [0.29, 0.717) is 6.04 Å². The molecular weight excluding hydrogens is 794 g/mol. The average molecular weight is 856 g/mol. The molecule has 4 aromatic carbocycles. The number of aliphatic hydroxyl groups excluding tert-OH is 2. The third-order valence-electron chi connectivity index (χ3n) is 9.40. The van der Waals surface area contributed by atoms with Crippen LogP contribution in [-0.2, 0) is 45.7 Å². The maximum absolute atomic E-state index is 8.25. The van der Waals surface area contributed by atoms with E-state index in [2.05, 4.69) is 151 Å². The zero-order chi connectivity index (χ0) is 42.8. The van der Waals surface area contributed by atoms with E-state index in [1.807, 2.05) is 0 Å². The minimum atomic E-state index is -1.75. The molecule has 0 aromatic heterocycles. The first-order valence-corrected chi connectivity index (χ1v) is 18.9. The van der Waals surface area contributed by atoms with Crippen LogP contribution >= 0.6 is 0 Å². The maximum Gasteiger partial charge on any atom is 2.00 e. The van der Waals surface area contributed by atoms with Crippen LogP contribution in [0.15, 0.2) is 97.1 Å². The summed E-state index contributed by atoms with van der Waals surface area (Å²) >= 11 is 0. The van der Waals surface area contributed by atoms with Gasteiger partial charge >= 0.3 is 19.5 Å². The van der Waals surface area contributed by atoms with Gasteiger partial charge in [-0.2, -0.15) is 0 Å². The van der Waals surface area contributed by atoms with Gasteiger partial charge in [0.15, 0.2) is 0 Å². The molecule has 4 aromatic rings. The molecule has 1 saturated heterocycles. The molecule has 0 saturated carbocycles. The predicted octanol–water partition coefficient (Wildman–Crippen LogP) is 6.37. The van der Waals surface area contributed by atoms with Gasteiger partial charge < -0.3 is 40.9 Å². The summed E-state index contributed by atoms with van der Waals surface area (Å²) in [6, 6.07) is 37.0. The molecule has 15 heteroatoms. The fraction of sp³-hybridized carbons (Fsp3) is 0.442. The molecule has 58 heavy (non-hydrogen) atoms. The number of aliphatic hydroxyl groups is 2. The molecule has 0 bridgehead atoms. The molecular formula is C43H62N6O8Zn. The largest absolute Gasteiger partial charge is 2.00 e. The number of hydrogen-bond donors (Lipinski definition) is 2. The Labute approximate surface area is 357 Å². The molecule has 1 aliphatic rings. The van der Waals surface area contributed by atoms with Crippen LogP contribution in [0.2, 0.25) is 0 Å². The van der Waals surface area contributed by atoms with Crippen LogP contribution in [0, 0.1) is 58.3 Å². The molecule has 14 nitrogen and oxygen atoms in total. The van der Waals surface area contributed by atoms with E-state index < -0.39 is 10.2 Å². The number of rotatable bonds is 8. The molecule has 0 unspecified atom stereocenters. The van der Waals surface area contributed by atoms with Crippen molar-refractivity contribution in [1.82, 2.24) is 19.6 Å². The Hall–Kier alpha value is -4.34. The van der Waals surface area contributed by atoms with Crippen LogP contribution in [0.3, 0.4) is 0 Å². The summed E-state index contributed by atoms with van der Waals surface area (Å²) in [5, 5.41) is 43.5. The van der Waals surface area contributed by atoms with E-state index in [-0.39, 0.29) is 19.5 Å². The zero-order valence-corrected chi connectivity index (χ0v) is 38.3. The molecule has 0 amide bonds. The quantitative estimate of drug-likeness (QED) is 0.114. The van der Waals surface area contributed by atoms with Crippen molar-refractivity contribution in [2.45, 2.75) is 66.8 Å². The Morgan fingerprint density at radius 1 is 0.466 bits per heavy atom. The summed E-state index contributed by atoms with van der Waals surface area (Å²) in [5.41, 5.74) is 10.9. The summed E-state index contributed by atoms with van der Waals surface area (Å²) in [6.07, 6.45) is 0. The van der Waals surface area contributed by atoms with Crippen LogP contribution in [0.5, 0.6) is 0 Å². The fourth-order valence-corrected chi connectivity index (χ4v) is 6.34. The minimum Gasteiger partial charge on any atom is -0.400 e. The normalized spacial score (nSPS) is 15.3. The van der Waals surface area contributed by atoms with Gasteiger partial charge in [0.2, 0.25) is 0 Å². The monoisotopic (exact) mass is 854 g/mol. The summed E-state index contributed by atoms with van der Waals surface area (Å²) < 4.78 is 0. The van der Waals surface area contributed by atoms with Crippen LogP contribution in [0.1, 0.15) is 51.4 Å². The van der Waals surface area contributed by atoms with Crippen molar-refractivity contribution >= 4 is 0 Å². The van der Waals surface area contributed by atoms with Gasteiger partial charge in [-0.3, -0.25) is 19.6 Å². The SMILES string of the molecule is CO.CO.Cc1ccc(CN2CCN(Cc3ccc(C)cc3)CCN(Cc3ccc(C)cc3)[C@H](C)CN(Cc3ccc(C)cc3)CC2)cc1.O=[N+]([O-])[O-].O=[N+]([O-])[O-].[Zn+2]. The minimum absolute atomic E-state index is 0. The summed E-state index contributed by atoms with van der Waals surface area (Å²) in [7, 11) is 2.00. The summed E-state index contributed by atoms with van der Waals surface area (Å²) in [4.78, 5) is 27.3. The molecule has 2 N–H and O–H groups in total. The van der Waals surface area contributed by atoms with Crippen molar-refractivity contribution in [3.63, 3.8) is 0 Å². The van der Waals surface area contributed by atoms with E-state index in [9.17, 15) is 0 Å². The zero-order valence-electron chi connectivity index (χ0n) is 35.3. The van der Waals surface area contributed by atoms with Gasteiger partial charge in [-0.15, -0.1) is 0 Å². The van der Waals surface area contributed by atoms with Crippen LogP contribution in [-0.4, -0.2) is 106 Å². The Morgan fingerprint density at radius 2 is 0.690 bits per heavy atom. The van der Waals surface area contributed by atoms with Crippen LogP contribution in [0.4, 0.5) is 0 Å². The third kappa shape index (κ3) is 23.8. The van der Waals surface area contributed by atoms with Crippen molar-refractivity contribution in [1.29, 1.82) is 0 Å². The Kier molecular flexibility index (Phi) is 28.4. The molecule has 0 radical (unpaired) electrons. The summed E-state index contributed by atoms with van der Waals surface area (Å²) in [6.45, 7) is 22.5. The van der Waals surface area contributed by atoms with Crippen molar-refractivity contribution < 1.29 is 39.9 Å². The van der Waals surface area contributed by atoms with Gasteiger partial charge in [-0.1, -0.05) is 119 Å². The molecule has 0 spiro atoms. The topological polar surface area (TPSA) is 186 Å². The maximum atomic E-state index is 8.25. The van der Waals surface area contributed by atoms with Crippen molar-refractivity contribution in [3.05, 3.63) is 172 Å². The van der Waals surface area contributed by atoms with E-state index in [0.717, 1.165) is 86.2 Å². The Balaban J connectivity index is 0.00000223. The van der Waals surface area contributed by atoms with Crippen LogP contribution in [0.25, 0.3) is 0 Å². The predicted molar refractivity (Wildman–Crippen MR) is 227 cm³/mol. The second-order valence-corrected chi connectivity index (χ2v) is 14.0. The second-order valence-electron chi connectivity index (χ2n) is 14.0. The third-order valence-corrected chi connectivity index (χ3v) is 9.40. The number of aryl methyl sites for hydroxylation is 4. The summed E-state index contributed by atoms with van der Waals surface area (Å²) in [5.74, 6) is 0. The van der Waals surface area contributed by atoms with Crippen molar-refractivity contribution in [3.8, 4) is 0 Å². The molecule has 1 fully saturated rings. The van der Waals surface area contributed by atoms with Gasteiger partial charge in [-0.05, 0) is 56.9 Å². The Morgan fingerprint density at radius 3 is 0.983 bits per heavy atom. The first kappa shape index (κ1) is 53.7. The molecule has 1 heterocycles. The number of hydrogen-bond acceptors (Lipinski definition) is 12.